The highest BCUT2D eigenvalue weighted by molar-refractivity contribution is 7.80. The molecule has 7 nitrogen and oxygen atoms in total. The monoisotopic (exact) mass is 264 g/mol. The Hall–Kier alpha value is -2.22. The maximum absolute atomic E-state index is 12.0. The molecule has 0 aliphatic heterocycles. The number of carbonyl (C=O) groups is 1. The van der Waals surface area contributed by atoms with Gasteiger partial charge in [0.15, 0.2) is 0 Å². The SMILES string of the molecule is Cn1cc(C(=O)Nc2c(C(N)=S)cnn2C)cn1. The number of hydrogen-bond acceptors (Lipinski definition) is 4. The lowest BCUT2D eigenvalue weighted by atomic mass is 10.3. The number of nitrogens with zero attached hydrogens (tertiary/aromatic N) is 4. The van der Waals surface area contributed by atoms with Crippen LogP contribution < -0.4 is 11.1 Å². The molecule has 0 aliphatic rings. The van der Waals surface area contributed by atoms with E-state index in [1.807, 2.05) is 0 Å². The van der Waals surface area contributed by atoms with Crippen LogP contribution in [0.25, 0.3) is 0 Å². The average molecular weight is 264 g/mol. The Morgan fingerprint density at radius 1 is 1.39 bits per heavy atom. The highest BCUT2D eigenvalue weighted by Gasteiger charge is 2.15. The van der Waals surface area contributed by atoms with Crippen molar-refractivity contribution in [3.63, 3.8) is 0 Å². The van der Waals surface area contributed by atoms with Gasteiger partial charge in [0.1, 0.15) is 10.8 Å². The van der Waals surface area contributed by atoms with Gasteiger partial charge in [-0.1, -0.05) is 12.2 Å². The van der Waals surface area contributed by atoms with Crippen molar-refractivity contribution in [1.29, 1.82) is 0 Å². The van der Waals surface area contributed by atoms with E-state index in [-0.39, 0.29) is 10.9 Å². The van der Waals surface area contributed by atoms with Crippen LogP contribution in [-0.2, 0) is 14.1 Å². The van der Waals surface area contributed by atoms with Crippen molar-refractivity contribution in [3.8, 4) is 0 Å². The van der Waals surface area contributed by atoms with E-state index in [1.165, 1.54) is 17.1 Å². The molecule has 0 saturated heterocycles. The first-order valence-electron chi connectivity index (χ1n) is 5.11. The first-order valence-corrected chi connectivity index (χ1v) is 5.51. The third kappa shape index (κ3) is 2.23. The standard InChI is InChI=1S/C10H12N6OS/c1-15-5-6(3-12-15)10(17)14-9-7(8(11)18)4-13-16(9)2/h3-5H,1-2H3,(H2,11,18)(H,14,17). The first kappa shape index (κ1) is 12.2. The van der Waals surface area contributed by atoms with Gasteiger partial charge in [0.2, 0.25) is 0 Å². The Morgan fingerprint density at radius 2 is 2.11 bits per heavy atom. The second-order valence-electron chi connectivity index (χ2n) is 3.75. The van der Waals surface area contributed by atoms with Gasteiger partial charge in [0.25, 0.3) is 5.91 Å². The van der Waals surface area contributed by atoms with Gasteiger partial charge < -0.3 is 11.1 Å². The predicted molar refractivity (Wildman–Crippen MR) is 70.3 cm³/mol. The smallest absolute Gasteiger partial charge is 0.260 e. The topological polar surface area (TPSA) is 90.8 Å². The summed E-state index contributed by atoms with van der Waals surface area (Å²) in [7, 11) is 3.43. The minimum atomic E-state index is -0.288. The van der Waals surface area contributed by atoms with Crippen LogP contribution in [-0.4, -0.2) is 30.5 Å². The Bertz CT molecular complexity index is 614. The minimum Gasteiger partial charge on any atom is -0.389 e. The molecule has 2 heterocycles. The highest BCUT2D eigenvalue weighted by Crippen LogP contribution is 2.14. The normalized spacial score (nSPS) is 10.3. The van der Waals surface area contributed by atoms with Crippen molar-refractivity contribution in [2.45, 2.75) is 0 Å². The van der Waals surface area contributed by atoms with Crippen LogP contribution >= 0.6 is 12.2 Å². The molecule has 8 heteroatoms. The van der Waals surface area contributed by atoms with Gasteiger partial charge in [-0.25, -0.2) is 0 Å². The highest BCUT2D eigenvalue weighted by atomic mass is 32.1. The summed E-state index contributed by atoms with van der Waals surface area (Å²) in [6, 6.07) is 0. The molecule has 0 radical (unpaired) electrons. The molecule has 3 N–H and O–H groups in total. The fourth-order valence-corrected chi connectivity index (χ4v) is 1.63. The summed E-state index contributed by atoms with van der Waals surface area (Å²) in [6.07, 6.45) is 4.61. The number of nitrogens with two attached hydrogens (primary N) is 1. The Morgan fingerprint density at radius 3 is 2.67 bits per heavy atom. The number of nitrogens with one attached hydrogen (secondary N) is 1. The summed E-state index contributed by atoms with van der Waals surface area (Å²) in [5, 5.41) is 10.6. The van der Waals surface area contributed by atoms with Crippen LogP contribution in [0.3, 0.4) is 0 Å². The van der Waals surface area contributed by atoms with E-state index in [4.69, 9.17) is 18.0 Å². The first-order chi connectivity index (χ1) is 8.49. The van der Waals surface area contributed by atoms with Crippen LogP contribution in [0.4, 0.5) is 5.82 Å². The number of aromatic nitrogens is 4. The van der Waals surface area contributed by atoms with Crippen molar-refractivity contribution < 1.29 is 4.79 Å². The van der Waals surface area contributed by atoms with Crippen LogP contribution in [0.2, 0.25) is 0 Å². The Balaban J connectivity index is 2.27. The molecular weight excluding hydrogens is 252 g/mol. The average Bonchev–Trinajstić information content (AvgIpc) is 2.87. The second kappa shape index (κ2) is 4.57. The summed E-state index contributed by atoms with van der Waals surface area (Å²) in [5.41, 5.74) is 6.54. The van der Waals surface area contributed by atoms with Crippen molar-refractivity contribution in [2.24, 2.45) is 19.8 Å². The summed E-state index contributed by atoms with van der Waals surface area (Å²) in [5.74, 6) is 0.181. The fraction of sp³-hybridized carbons (Fsp3) is 0.200. The van der Waals surface area contributed by atoms with Crippen molar-refractivity contribution in [3.05, 3.63) is 29.7 Å². The van der Waals surface area contributed by atoms with Gasteiger partial charge in [-0.3, -0.25) is 14.2 Å². The zero-order valence-corrected chi connectivity index (χ0v) is 10.7. The van der Waals surface area contributed by atoms with Gasteiger partial charge in [0.05, 0.1) is 23.5 Å². The molecule has 18 heavy (non-hydrogen) atoms. The van der Waals surface area contributed by atoms with E-state index in [0.29, 0.717) is 16.9 Å². The number of rotatable bonds is 3. The van der Waals surface area contributed by atoms with Gasteiger partial charge in [0, 0.05) is 20.3 Å². The largest absolute Gasteiger partial charge is 0.389 e. The molecule has 0 aliphatic carbocycles. The van der Waals surface area contributed by atoms with E-state index in [2.05, 4.69) is 15.5 Å². The van der Waals surface area contributed by atoms with Crippen LogP contribution in [0.1, 0.15) is 15.9 Å². The maximum atomic E-state index is 12.0. The molecule has 0 atom stereocenters. The van der Waals surface area contributed by atoms with Crippen molar-refractivity contribution in [2.75, 3.05) is 5.32 Å². The van der Waals surface area contributed by atoms with Gasteiger partial charge >= 0.3 is 0 Å². The van der Waals surface area contributed by atoms with Crippen molar-refractivity contribution >= 4 is 28.9 Å². The molecule has 0 bridgehead atoms. The summed E-state index contributed by atoms with van der Waals surface area (Å²) in [4.78, 5) is 12.1. The molecule has 2 aromatic rings. The fourth-order valence-electron chi connectivity index (χ4n) is 1.48. The quantitative estimate of drug-likeness (QED) is 0.764. The summed E-state index contributed by atoms with van der Waals surface area (Å²) in [6.45, 7) is 0. The Labute approximate surface area is 109 Å². The number of thiocarbonyl (C=S) groups is 1. The number of amides is 1. The molecule has 0 fully saturated rings. The zero-order valence-electron chi connectivity index (χ0n) is 9.91. The molecule has 0 saturated carbocycles. The molecule has 0 unspecified atom stereocenters. The van der Waals surface area contributed by atoms with Crippen LogP contribution in [0.5, 0.6) is 0 Å². The Kier molecular flexibility index (Phi) is 3.11. The lowest BCUT2D eigenvalue weighted by molar-refractivity contribution is 0.102. The predicted octanol–water partition coefficient (Wildman–Crippen LogP) is 0.0401. The van der Waals surface area contributed by atoms with Crippen LogP contribution in [0, 0.1) is 0 Å². The van der Waals surface area contributed by atoms with Gasteiger partial charge in [-0.15, -0.1) is 0 Å². The van der Waals surface area contributed by atoms with E-state index in [0.717, 1.165) is 0 Å². The zero-order chi connectivity index (χ0) is 13.3. The van der Waals surface area contributed by atoms with E-state index in [9.17, 15) is 4.79 Å². The molecule has 94 valence electrons. The number of hydrogen-bond donors (Lipinski definition) is 2. The lowest BCUT2D eigenvalue weighted by Gasteiger charge is -2.06. The second-order valence-corrected chi connectivity index (χ2v) is 4.19. The molecule has 2 aromatic heterocycles. The van der Waals surface area contributed by atoms with E-state index >= 15 is 0 Å². The minimum absolute atomic E-state index is 0.185. The van der Waals surface area contributed by atoms with Crippen LogP contribution in [0.15, 0.2) is 18.6 Å². The third-order valence-electron chi connectivity index (χ3n) is 2.40. The number of carbonyl (C=O) groups excluding carboxylic acids is 1. The van der Waals surface area contributed by atoms with E-state index < -0.39 is 0 Å². The van der Waals surface area contributed by atoms with Gasteiger partial charge in [-0.05, 0) is 0 Å². The van der Waals surface area contributed by atoms with Crippen molar-refractivity contribution in [1.82, 2.24) is 19.6 Å². The number of aryl methyl sites for hydroxylation is 2. The maximum Gasteiger partial charge on any atom is 0.260 e. The lowest BCUT2D eigenvalue weighted by Crippen LogP contribution is -2.18. The molecule has 1 amide bonds. The molecule has 2 rings (SSSR count). The summed E-state index contributed by atoms with van der Waals surface area (Å²) >= 11 is 4.89. The third-order valence-corrected chi connectivity index (χ3v) is 2.62. The van der Waals surface area contributed by atoms with Gasteiger partial charge in [-0.2, -0.15) is 10.2 Å². The molecular formula is C10H12N6OS. The summed E-state index contributed by atoms with van der Waals surface area (Å²) < 4.78 is 3.05. The van der Waals surface area contributed by atoms with E-state index in [1.54, 1.807) is 25.0 Å². The molecule has 0 spiro atoms. The number of anilines is 1. The molecule has 0 aromatic carbocycles.